The predicted octanol–water partition coefficient (Wildman–Crippen LogP) is 6.08. The maximum atomic E-state index is 4.95. The van der Waals surface area contributed by atoms with E-state index in [1.54, 1.807) is 18.4 Å². The first kappa shape index (κ1) is 25.4. The Kier molecular flexibility index (Phi) is 8.12. The zero-order valence-electron chi connectivity index (χ0n) is 21.5. The van der Waals surface area contributed by atoms with Crippen LogP contribution in [0.2, 0.25) is 25.7 Å². The maximum absolute atomic E-state index is 4.95. The fourth-order valence-corrected chi connectivity index (χ4v) is 6.55. The summed E-state index contributed by atoms with van der Waals surface area (Å²) in [6.07, 6.45) is 10.5. The van der Waals surface area contributed by atoms with Gasteiger partial charge in [0.15, 0.2) is 0 Å². The number of ether oxygens (including phenoxy) is 1. The van der Waals surface area contributed by atoms with E-state index in [2.05, 4.69) is 64.4 Å². The van der Waals surface area contributed by atoms with Crippen LogP contribution in [0.1, 0.15) is 37.1 Å². The van der Waals surface area contributed by atoms with Gasteiger partial charge in [-0.3, -0.25) is 0 Å². The number of fused-ring (bicyclic) bond motifs is 1. The number of aryl methyl sites for hydroxylation is 1. The third-order valence-electron chi connectivity index (χ3n) is 7.00. The topological polar surface area (TPSA) is 66.1 Å². The summed E-state index contributed by atoms with van der Waals surface area (Å²) < 4.78 is 4.95. The van der Waals surface area contributed by atoms with Crippen molar-refractivity contribution in [2.45, 2.75) is 70.3 Å². The summed E-state index contributed by atoms with van der Waals surface area (Å²) in [5, 5.41) is 8.31. The van der Waals surface area contributed by atoms with Gasteiger partial charge in [0, 0.05) is 63.8 Å². The number of pyridine rings is 1. The number of methoxy groups -OCH3 is 1. The zero-order valence-corrected chi connectivity index (χ0v) is 23.4. The summed E-state index contributed by atoms with van der Waals surface area (Å²) in [4.78, 5) is 15.2. The Balaban J connectivity index is 0.000000297. The average Bonchev–Trinajstić information content (AvgIpc) is 3.44. The fourth-order valence-electron chi connectivity index (χ4n) is 5.12. The summed E-state index contributed by atoms with van der Waals surface area (Å²) in [7, 11) is 0.961. The van der Waals surface area contributed by atoms with E-state index in [0.29, 0.717) is 5.54 Å². The monoisotopic (exact) mass is 499 g/mol. The number of nitrogens with one attached hydrogen (secondary N) is 2. The molecular weight excluding hydrogens is 458 g/mol. The first-order valence-electron chi connectivity index (χ1n) is 12.7. The van der Waals surface area contributed by atoms with Crippen molar-refractivity contribution in [1.82, 2.24) is 20.3 Å². The minimum atomic E-state index is -0.803. The largest absolute Gasteiger partial charge is 0.385 e. The number of nitrogens with zero attached hydrogens (tertiary/aromatic N) is 3. The van der Waals surface area contributed by atoms with Gasteiger partial charge in [-0.15, -0.1) is 11.3 Å². The number of anilines is 1. The van der Waals surface area contributed by atoms with E-state index >= 15 is 0 Å². The average molecular weight is 500 g/mol. The molecule has 5 rings (SSSR count). The number of H-pyrrole nitrogens is 1. The van der Waals surface area contributed by atoms with Crippen LogP contribution in [0.15, 0.2) is 23.8 Å². The number of hydrogen-bond donors (Lipinski definition) is 2. The van der Waals surface area contributed by atoms with Gasteiger partial charge in [-0.25, -0.2) is 9.97 Å². The molecule has 2 aliphatic rings. The van der Waals surface area contributed by atoms with Crippen molar-refractivity contribution in [3.63, 3.8) is 0 Å². The Hall–Kier alpha value is -1.74. The number of piperidine rings is 2. The molecule has 6 nitrogen and oxygen atoms in total. The molecule has 5 heterocycles. The SMILES string of the molecule is COCC[Si](C)(C)C.Cc1nc(-c2c[nH]c3nccc(N4CCCC5(CCCCN5)C4)c23)cs1. The van der Waals surface area contributed by atoms with Crippen LogP contribution in [-0.2, 0) is 4.74 Å². The number of thiazole rings is 1. The molecule has 1 atom stereocenters. The van der Waals surface area contributed by atoms with Crippen LogP contribution in [0.3, 0.4) is 0 Å². The number of hydrogen-bond acceptors (Lipinski definition) is 6. The van der Waals surface area contributed by atoms with Crippen molar-refractivity contribution in [3.8, 4) is 11.3 Å². The highest BCUT2D eigenvalue weighted by molar-refractivity contribution is 7.09. The van der Waals surface area contributed by atoms with Crippen LogP contribution in [0, 0.1) is 6.92 Å². The molecular formula is C26H41N5OSSi. The summed E-state index contributed by atoms with van der Waals surface area (Å²) in [6.45, 7) is 13.4. The molecule has 1 spiro atoms. The lowest BCUT2D eigenvalue weighted by Gasteiger charge is -2.47. The van der Waals surface area contributed by atoms with E-state index < -0.39 is 8.07 Å². The minimum Gasteiger partial charge on any atom is -0.385 e. The minimum absolute atomic E-state index is 0.291. The van der Waals surface area contributed by atoms with Crippen LogP contribution >= 0.6 is 11.3 Å². The van der Waals surface area contributed by atoms with Crippen LogP contribution in [0.25, 0.3) is 22.3 Å². The van der Waals surface area contributed by atoms with Crippen LogP contribution < -0.4 is 10.2 Å². The Morgan fingerprint density at radius 1 is 1.21 bits per heavy atom. The molecule has 8 heteroatoms. The van der Waals surface area contributed by atoms with E-state index in [4.69, 9.17) is 9.72 Å². The number of aromatic amines is 1. The van der Waals surface area contributed by atoms with Gasteiger partial charge in [0.05, 0.1) is 21.8 Å². The molecule has 0 aliphatic carbocycles. The second kappa shape index (κ2) is 10.9. The smallest absolute Gasteiger partial charge is 0.140 e. The Bertz CT molecular complexity index is 1060. The Morgan fingerprint density at radius 2 is 2.03 bits per heavy atom. The van der Waals surface area contributed by atoms with Gasteiger partial charge in [-0.1, -0.05) is 26.1 Å². The normalized spacial score (nSPS) is 21.0. The lowest BCUT2D eigenvalue weighted by Crippen LogP contribution is -2.59. The van der Waals surface area contributed by atoms with E-state index in [1.807, 2.05) is 6.20 Å². The predicted molar refractivity (Wildman–Crippen MR) is 148 cm³/mol. The highest BCUT2D eigenvalue weighted by Crippen LogP contribution is 2.38. The van der Waals surface area contributed by atoms with Gasteiger partial charge in [-0.2, -0.15) is 0 Å². The first-order chi connectivity index (χ1) is 16.3. The van der Waals surface area contributed by atoms with Crippen LogP contribution in [-0.4, -0.2) is 61.9 Å². The van der Waals surface area contributed by atoms with Crippen molar-refractivity contribution >= 4 is 36.1 Å². The van der Waals surface area contributed by atoms with Crippen molar-refractivity contribution in [3.05, 3.63) is 28.8 Å². The quantitative estimate of drug-likeness (QED) is 0.417. The van der Waals surface area contributed by atoms with Gasteiger partial charge < -0.3 is 19.9 Å². The third kappa shape index (κ3) is 6.08. The van der Waals surface area contributed by atoms with Crippen LogP contribution in [0.4, 0.5) is 5.69 Å². The van der Waals surface area contributed by atoms with Crippen molar-refractivity contribution in [2.75, 3.05) is 38.3 Å². The summed E-state index contributed by atoms with van der Waals surface area (Å²) in [5.41, 5.74) is 4.77. The molecule has 3 aromatic rings. The lowest BCUT2D eigenvalue weighted by molar-refractivity contribution is 0.214. The number of aromatic nitrogens is 3. The van der Waals surface area contributed by atoms with E-state index in [1.165, 1.54) is 54.8 Å². The molecule has 3 aromatic heterocycles. The highest BCUT2D eigenvalue weighted by Gasteiger charge is 2.37. The van der Waals surface area contributed by atoms with Gasteiger partial charge >= 0.3 is 0 Å². The van der Waals surface area contributed by atoms with Gasteiger partial charge in [-0.05, 0) is 51.3 Å². The summed E-state index contributed by atoms with van der Waals surface area (Å²) in [6, 6.07) is 3.46. The van der Waals surface area contributed by atoms with Crippen LogP contribution in [0.5, 0.6) is 0 Å². The summed E-state index contributed by atoms with van der Waals surface area (Å²) in [5.74, 6) is 0. The van der Waals surface area contributed by atoms with Gasteiger partial charge in [0.2, 0.25) is 0 Å². The molecule has 2 fully saturated rings. The van der Waals surface area contributed by atoms with E-state index in [-0.39, 0.29) is 0 Å². The first-order valence-corrected chi connectivity index (χ1v) is 17.3. The van der Waals surface area contributed by atoms with Gasteiger partial charge in [0.1, 0.15) is 5.65 Å². The van der Waals surface area contributed by atoms with Crippen molar-refractivity contribution in [1.29, 1.82) is 0 Å². The molecule has 0 aromatic carbocycles. The van der Waals surface area contributed by atoms with Crippen molar-refractivity contribution < 1.29 is 4.74 Å². The molecule has 2 aliphatic heterocycles. The number of rotatable bonds is 5. The molecule has 186 valence electrons. The molecule has 1 unspecified atom stereocenters. The second-order valence-electron chi connectivity index (χ2n) is 11.0. The molecule has 0 bridgehead atoms. The highest BCUT2D eigenvalue weighted by atomic mass is 32.1. The summed E-state index contributed by atoms with van der Waals surface area (Å²) >= 11 is 1.70. The fraction of sp³-hybridized carbons (Fsp3) is 0.615. The lowest BCUT2D eigenvalue weighted by atomic mass is 9.81. The molecule has 0 saturated carbocycles. The zero-order chi connectivity index (χ0) is 24.2. The Morgan fingerprint density at radius 3 is 2.68 bits per heavy atom. The Labute approximate surface area is 209 Å². The second-order valence-corrected chi connectivity index (χ2v) is 17.7. The molecule has 2 saturated heterocycles. The van der Waals surface area contributed by atoms with E-state index in [0.717, 1.165) is 42.6 Å². The maximum Gasteiger partial charge on any atom is 0.140 e. The standard InChI is InChI=1S/C20H25N5S.C6H16OSi/c1-14-24-16(12-26-14)15-11-22-19-18(15)17(5-9-21-19)25-10-4-7-20(13-25)6-2-3-8-23-20;1-7-5-6-8(2,3)4/h5,9,11-12,23H,2-4,6-8,10,13H2,1H3,(H,21,22);5-6H2,1-4H3. The molecule has 0 amide bonds. The molecule has 34 heavy (non-hydrogen) atoms. The van der Waals surface area contributed by atoms with E-state index in [9.17, 15) is 0 Å². The van der Waals surface area contributed by atoms with Crippen molar-refractivity contribution in [2.24, 2.45) is 0 Å². The molecule has 2 N–H and O–H groups in total. The molecule has 0 radical (unpaired) electrons. The third-order valence-corrected chi connectivity index (χ3v) is 9.48. The van der Waals surface area contributed by atoms with Gasteiger partial charge in [0.25, 0.3) is 0 Å².